The van der Waals surface area contributed by atoms with Gasteiger partial charge in [0, 0.05) is 0 Å². The van der Waals surface area contributed by atoms with E-state index in [1.807, 2.05) is 0 Å². The first-order chi connectivity index (χ1) is 7.54. The molecule has 0 aromatic heterocycles. The molecule has 0 radical (unpaired) electrons. The highest BCUT2D eigenvalue weighted by molar-refractivity contribution is 5.83. The van der Waals surface area contributed by atoms with Gasteiger partial charge in [-0.15, -0.1) is 0 Å². The molecule has 4 nitrogen and oxygen atoms in total. The van der Waals surface area contributed by atoms with Crippen molar-refractivity contribution in [3.8, 4) is 0 Å². The molecule has 1 aromatic rings. The Kier molecular flexibility index (Phi) is 3.96. The minimum atomic E-state index is -1.54. The van der Waals surface area contributed by atoms with Crippen molar-refractivity contribution < 1.29 is 23.8 Å². The maximum atomic E-state index is 13.2. The molecule has 0 spiro atoms. The summed E-state index contributed by atoms with van der Waals surface area (Å²) in [5.74, 6) is -2.03. The Bertz CT molecular complexity index is 409. The lowest BCUT2D eigenvalue weighted by molar-refractivity contribution is 0.209. The molecule has 1 amide bonds. The van der Waals surface area contributed by atoms with E-state index in [9.17, 15) is 13.6 Å². The van der Waals surface area contributed by atoms with Gasteiger partial charge in [0.15, 0.2) is 0 Å². The van der Waals surface area contributed by atoms with Crippen LogP contribution in [0, 0.1) is 11.6 Å². The third kappa shape index (κ3) is 3.03. The molecule has 0 saturated carbocycles. The summed E-state index contributed by atoms with van der Waals surface area (Å²) in [5, 5.41) is 18.4. The van der Waals surface area contributed by atoms with Gasteiger partial charge >= 0.3 is 6.09 Å². The van der Waals surface area contributed by atoms with Crippen LogP contribution in [0.3, 0.4) is 0 Å². The van der Waals surface area contributed by atoms with Crippen LogP contribution in [0.15, 0.2) is 18.2 Å². The predicted molar refractivity (Wildman–Crippen MR) is 54.1 cm³/mol. The van der Waals surface area contributed by atoms with E-state index in [2.05, 4.69) is 0 Å². The first-order valence-electron chi connectivity index (χ1n) is 4.31. The fourth-order valence-corrected chi connectivity index (χ4v) is 1.10. The average molecular weight is 229 g/mol. The number of aliphatic hydroxyl groups is 1. The van der Waals surface area contributed by atoms with Crippen LogP contribution >= 0.6 is 0 Å². The molecule has 86 valence electrons. The van der Waals surface area contributed by atoms with Crippen LogP contribution in [0.1, 0.15) is 5.56 Å². The lowest BCUT2D eigenvalue weighted by Crippen LogP contribution is -2.10. The van der Waals surface area contributed by atoms with Crippen LogP contribution in [0.5, 0.6) is 0 Å². The second-order valence-electron chi connectivity index (χ2n) is 2.87. The second kappa shape index (κ2) is 5.22. The van der Waals surface area contributed by atoms with E-state index in [-0.39, 0.29) is 12.2 Å². The van der Waals surface area contributed by atoms with Crippen molar-refractivity contribution in [2.24, 2.45) is 0 Å². The highest BCUT2D eigenvalue weighted by Gasteiger charge is 2.12. The Hall–Kier alpha value is -1.95. The summed E-state index contributed by atoms with van der Waals surface area (Å²) in [7, 11) is 0. The standard InChI is InChI=1S/C10H9F2NO3/c11-7-4-6(2-1-3-14)5-8(12)9(7)13-10(15)16/h1-2,4-5,13-14H,3H2,(H,15,16). The molecule has 1 aromatic carbocycles. The molecule has 1 rings (SSSR count). The number of halogens is 2. The maximum absolute atomic E-state index is 13.2. The molecule has 0 aliphatic heterocycles. The van der Waals surface area contributed by atoms with Crippen LogP contribution < -0.4 is 5.32 Å². The van der Waals surface area contributed by atoms with Crippen LogP contribution in [0.25, 0.3) is 6.08 Å². The van der Waals surface area contributed by atoms with Crippen LogP contribution in [-0.2, 0) is 0 Å². The quantitative estimate of drug-likeness (QED) is 0.743. The average Bonchev–Trinajstić information content (AvgIpc) is 2.20. The number of rotatable bonds is 3. The summed E-state index contributed by atoms with van der Waals surface area (Å²) < 4.78 is 26.5. The summed E-state index contributed by atoms with van der Waals surface area (Å²) in [4.78, 5) is 10.2. The predicted octanol–water partition coefficient (Wildman–Crippen LogP) is 2.06. The van der Waals surface area contributed by atoms with Gasteiger partial charge in [-0.2, -0.15) is 0 Å². The van der Waals surface area contributed by atoms with Crippen molar-refractivity contribution >= 4 is 17.9 Å². The number of nitrogens with one attached hydrogen (secondary N) is 1. The molecule has 0 fully saturated rings. The van der Waals surface area contributed by atoms with Crippen molar-refractivity contribution in [2.45, 2.75) is 0 Å². The Morgan fingerprint density at radius 2 is 1.94 bits per heavy atom. The largest absolute Gasteiger partial charge is 0.465 e. The number of carboxylic acid groups (broad SMARTS) is 1. The van der Waals surface area contributed by atoms with E-state index >= 15 is 0 Å². The number of hydrogen-bond donors (Lipinski definition) is 3. The van der Waals surface area contributed by atoms with E-state index in [1.165, 1.54) is 12.2 Å². The number of aliphatic hydroxyl groups excluding tert-OH is 1. The van der Waals surface area contributed by atoms with Crippen LogP contribution in [0.4, 0.5) is 19.3 Å². The topological polar surface area (TPSA) is 69.6 Å². The van der Waals surface area contributed by atoms with Crippen LogP contribution in [-0.4, -0.2) is 22.9 Å². The molecule has 6 heteroatoms. The van der Waals surface area contributed by atoms with Gasteiger partial charge in [-0.25, -0.2) is 13.6 Å². The Morgan fingerprint density at radius 3 is 2.38 bits per heavy atom. The van der Waals surface area contributed by atoms with Crippen molar-refractivity contribution in [2.75, 3.05) is 11.9 Å². The van der Waals surface area contributed by atoms with Gasteiger partial charge in [-0.3, -0.25) is 5.32 Å². The van der Waals surface area contributed by atoms with Gasteiger partial charge in [0.05, 0.1) is 6.61 Å². The van der Waals surface area contributed by atoms with Crippen molar-refractivity contribution in [1.82, 2.24) is 0 Å². The molecule has 0 aliphatic rings. The first kappa shape index (κ1) is 12.1. The number of hydrogen-bond acceptors (Lipinski definition) is 2. The fraction of sp³-hybridized carbons (Fsp3) is 0.100. The Balaban J connectivity index is 3.07. The number of benzene rings is 1. The van der Waals surface area contributed by atoms with Gasteiger partial charge in [0.25, 0.3) is 0 Å². The smallest absolute Gasteiger partial charge is 0.409 e. The molecule has 0 unspecified atom stereocenters. The Labute approximate surface area is 89.8 Å². The van der Waals surface area contributed by atoms with E-state index in [1.54, 1.807) is 5.32 Å². The molecule has 0 heterocycles. The summed E-state index contributed by atoms with van der Waals surface area (Å²) in [6.45, 7) is -0.252. The minimum Gasteiger partial charge on any atom is -0.465 e. The fourth-order valence-electron chi connectivity index (χ4n) is 1.10. The molecule has 0 bridgehead atoms. The first-order valence-corrected chi connectivity index (χ1v) is 4.31. The van der Waals surface area contributed by atoms with E-state index in [4.69, 9.17) is 10.2 Å². The monoisotopic (exact) mass is 229 g/mol. The van der Waals surface area contributed by atoms with Crippen LogP contribution in [0.2, 0.25) is 0 Å². The molecular formula is C10H9F2NO3. The minimum absolute atomic E-state index is 0.194. The molecule has 0 saturated heterocycles. The van der Waals surface area contributed by atoms with Gasteiger partial charge in [-0.05, 0) is 17.7 Å². The van der Waals surface area contributed by atoms with E-state index in [0.29, 0.717) is 0 Å². The highest BCUT2D eigenvalue weighted by atomic mass is 19.1. The zero-order valence-electron chi connectivity index (χ0n) is 8.08. The van der Waals surface area contributed by atoms with E-state index < -0.39 is 23.4 Å². The molecule has 0 aliphatic carbocycles. The van der Waals surface area contributed by atoms with Gasteiger partial charge in [-0.1, -0.05) is 12.2 Å². The summed E-state index contributed by atoms with van der Waals surface area (Å²) in [5.41, 5.74) is -0.520. The Morgan fingerprint density at radius 1 is 1.38 bits per heavy atom. The molecule has 16 heavy (non-hydrogen) atoms. The van der Waals surface area contributed by atoms with Crippen molar-refractivity contribution in [3.05, 3.63) is 35.4 Å². The SMILES string of the molecule is O=C(O)Nc1c(F)cc(C=CCO)cc1F. The lowest BCUT2D eigenvalue weighted by atomic mass is 10.1. The van der Waals surface area contributed by atoms with Crippen molar-refractivity contribution in [1.29, 1.82) is 0 Å². The third-order valence-corrected chi connectivity index (χ3v) is 1.71. The van der Waals surface area contributed by atoms with Gasteiger partial charge < -0.3 is 10.2 Å². The maximum Gasteiger partial charge on any atom is 0.409 e. The number of anilines is 1. The number of amides is 1. The second-order valence-corrected chi connectivity index (χ2v) is 2.87. The zero-order chi connectivity index (χ0) is 12.1. The van der Waals surface area contributed by atoms with E-state index in [0.717, 1.165) is 12.1 Å². The zero-order valence-corrected chi connectivity index (χ0v) is 8.08. The molecule has 3 N–H and O–H groups in total. The van der Waals surface area contributed by atoms with Gasteiger partial charge in [0.2, 0.25) is 0 Å². The summed E-state index contributed by atoms with van der Waals surface area (Å²) >= 11 is 0. The highest BCUT2D eigenvalue weighted by Crippen LogP contribution is 2.21. The molecular weight excluding hydrogens is 220 g/mol. The summed E-state index contributed by atoms with van der Waals surface area (Å²) in [6.07, 6.45) is 1.08. The summed E-state index contributed by atoms with van der Waals surface area (Å²) in [6, 6.07) is 1.92. The molecule has 0 atom stereocenters. The lowest BCUT2D eigenvalue weighted by Gasteiger charge is -2.05. The third-order valence-electron chi connectivity index (χ3n) is 1.71. The van der Waals surface area contributed by atoms with Gasteiger partial charge in [0.1, 0.15) is 17.3 Å². The normalized spacial score (nSPS) is 10.7. The number of carbonyl (C=O) groups is 1. The van der Waals surface area contributed by atoms with Crippen molar-refractivity contribution in [3.63, 3.8) is 0 Å².